The van der Waals surface area contributed by atoms with Gasteiger partial charge >= 0.3 is 0 Å². The molecule has 90 valence electrons. The van der Waals surface area contributed by atoms with Crippen LogP contribution in [-0.4, -0.2) is 32.7 Å². The number of carbonyl (C=O) groups excluding carboxylic acids is 1. The Morgan fingerprint density at radius 1 is 1.47 bits per heavy atom. The van der Waals surface area contributed by atoms with Gasteiger partial charge in [-0.25, -0.2) is 0 Å². The van der Waals surface area contributed by atoms with Gasteiger partial charge in [-0.1, -0.05) is 6.07 Å². The first kappa shape index (κ1) is 10.4. The molecule has 2 aliphatic heterocycles. The maximum atomic E-state index is 11.2. The van der Waals surface area contributed by atoms with Crippen molar-refractivity contribution in [1.82, 2.24) is 5.32 Å². The number of hydrogen-bond acceptors (Lipinski definition) is 3. The lowest BCUT2D eigenvalue weighted by Gasteiger charge is -2.28. The molecule has 1 unspecified atom stereocenters. The molecule has 1 N–H and O–H groups in total. The van der Waals surface area contributed by atoms with Crippen LogP contribution < -0.4 is 15.0 Å². The quantitative estimate of drug-likeness (QED) is 0.789. The maximum Gasteiger partial charge on any atom is 0.220 e. The average Bonchev–Trinajstić information content (AvgIpc) is 2.76. The first-order valence-corrected chi connectivity index (χ1v) is 5.98. The molecule has 1 atom stereocenters. The van der Waals surface area contributed by atoms with Crippen LogP contribution in [0.5, 0.6) is 5.75 Å². The van der Waals surface area contributed by atoms with Crippen molar-refractivity contribution in [1.29, 1.82) is 0 Å². The Morgan fingerprint density at radius 3 is 3.12 bits per heavy atom. The van der Waals surface area contributed by atoms with Crippen molar-refractivity contribution in [2.45, 2.75) is 12.3 Å². The van der Waals surface area contributed by atoms with Crippen LogP contribution in [0.3, 0.4) is 0 Å². The molecule has 2 aliphatic rings. The van der Waals surface area contributed by atoms with Crippen LogP contribution in [0.2, 0.25) is 0 Å². The number of amides is 1. The molecule has 1 amide bonds. The Labute approximate surface area is 101 Å². The molecule has 0 aromatic heterocycles. The van der Waals surface area contributed by atoms with Gasteiger partial charge in [0.1, 0.15) is 12.4 Å². The Balaban J connectivity index is 1.92. The predicted molar refractivity (Wildman–Crippen MR) is 65.6 cm³/mol. The molecule has 1 aromatic carbocycles. The van der Waals surface area contributed by atoms with E-state index >= 15 is 0 Å². The minimum atomic E-state index is 0.150. The molecule has 2 heterocycles. The second-order valence-electron chi connectivity index (χ2n) is 4.70. The zero-order valence-corrected chi connectivity index (χ0v) is 9.90. The van der Waals surface area contributed by atoms with Gasteiger partial charge in [0, 0.05) is 25.9 Å². The number of hydrogen-bond donors (Lipinski definition) is 1. The van der Waals surface area contributed by atoms with E-state index in [-0.39, 0.29) is 5.91 Å². The lowest BCUT2D eigenvalue weighted by Crippen LogP contribution is -2.28. The van der Waals surface area contributed by atoms with Gasteiger partial charge < -0.3 is 15.0 Å². The monoisotopic (exact) mass is 232 g/mol. The highest BCUT2D eigenvalue weighted by Gasteiger charge is 2.24. The van der Waals surface area contributed by atoms with E-state index in [1.165, 1.54) is 5.56 Å². The Morgan fingerprint density at radius 2 is 2.35 bits per heavy atom. The van der Waals surface area contributed by atoms with Gasteiger partial charge in [0.15, 0.2) is 0 Å². The normalized spacial score (nSPS) is 23.0. The zero-order valence-electron chi connectivity index (χ0n) is 9.90. The molecule has 1 saturated heterocycles. The molecule has 3 rings (SSSR count). The Hall–Kier alpha value is -1.71. The summed E-state index contributed by atoms with van der Waals surface area (Å²) in [6.45, 7) is 2.41. The summed E-state index contributed by atoms with van der Waals surface area (Å²) in [4.78, 5) is 13.4. The lowest BCUT2D eigenvalue weighted by atomic mass is 9.97. The molecule has 0 aliphatic carbocycles. The number of anilines is 1. The fourth-order valence-corrected chi connectivity index (χ4v) is 2.46. The van der Waals surface area contributed by atoms with Crippen molar-refractivity contribution in [3.05, 3.63) is 23.8 Å². The van der Waals surface area contributed by atoms with E-state index in [0.717, 1.165) is 31.1 Å². The van der Waals surface area contributed by atoms with E-state index < -0.39 is 0 Å². The van der Waals surface area contributed by atoms with E-state index in [0.29, 0.717) is 12.3 Å². The van der Waals surface area contributed by atoms with Gasteiger partial charge in [0.05, 0.1) is 12.2 Å². The molecular formula is C13H16N2O2. The number of fused-ring (bicyclic) bond motifs is 1. The van der Waals surface area contributed by atoms with Gasteiger partial charge in [0.2, 0.25) is 5.91 Å². The fraction of sp³-hybridized carbons (Fsp3) is 0.462. The summed E-state index contributed by atoms with van der Waals surface area (Å²) in [6.07, 6.45) is 0.601. The highest BCUT2D eigenvalue weighted by molar-refractivity contribution is 5.79. The van der Waals surface area contributed by atoms with Crippen LogP contribution in [0.1, 0.15) is 17.9 Å². The molecule has 4 nitrogen and oxygen atoms in total. The summed E-state index contributed by atoms with van der Waals surface area (Å²) in [5, 5.41) is 2.88. The van der Waals surface area contributed by atoms with Gasteiger partial charge in [-0.3, -0.25) is 4.79 Å². The lowest BCUT2D eigenvalue weighted by molar-refractivity contribution is -0.119. The molecule has 0 bridgehead atoms. The number of nitrogens with zero attached hydrogens (tertiary/aromatic N) is 1. The van der Waals surface area contributed by atoms with Crippen molar-refractivity contribution in [2.75, 3.05) is 31.6 Å². The summed E-state index contributed by atoms with van der Waals surface area (Å²) in [7, 11) is 2.07. The molecule has 1 aromatic rings. The molecule has 0 saturated carbocycles. The third-order valence-electron chi connectivity index (χ3n) is 3.53. The Kier molecular flexibility index (Phi) is 2.42. The highest BCUT2D eigenvalue weighted by Crippen LogP contribution is 2.35. The van der Waals surface area contributed by atoms with Gasteiger partial charge in [-0.05, 0) is 17.7 Å². The average molecular weight is 232 g/mol. The third-order valence-corrected chi connectivity index (χ3v) is 3.53. The first-order chi connectivity index (χ1) is 8.24. The number of carbonyl (C=O) groups is 1. The largest absolute Gasteiger partial charge is 0.490 e. The van der Waals surface area contributed by atoms with Crippen molar-refractivity contribution in [2.24, 2.45) is 0 Å². The van der Waals surface area contributed by atoms with Gasteiger partial charge in [-0.15, -0.1) is 0 Å². The minimum absolute atomic E-state index is 0.150. The summed E-state index contributed by atoms with van der Waals surface area (Å²) >= 11 is 0. The van der Waals surface area contributed by atoms with E-state index in [1.54, 1.807) is 0 Å². The smallest absolute Gasteiger partial charge is 0.220 e. The number of ether oxygens (including phenoxy) is 1. The number of likely N-dealkylation sites (N-methyl/N-ethyl adjacent to an activating group) is 1. The van der Waals surface area contributed by atoms with E-state index in [4.69, 9.17) is 4.74 Å². The molecule has 0 radical (unpaired) electrons. The van der Waals surface area contributed by atoms with Gasteiger partial charge in [0.25, 0.3) is 0 Å². The van der Waals surface area contributed by atoms with Gasteiger partial charge in [-0.2, -0.15) is 0 Å². The summed E-state index contributed by atoms with van der Waals surface area (Å²) in [6, 6.07) is 6.24. The van der Waals surface area contributed by atoms with Crippen molar-refractivity contribution < 1.29 is 9.53 Å². The molecule has 17 heavy (non-hydrogen) atoms. The highest BCUT2D eigenvalue weighted by atomic mass is 16.5. The number of nitrogens with one attached hydrogen (secondary N) is 1. The van der Waals surface area contributed by atoms with Crippen LogP contribution in [-0.2, 0) is 4.79 Å². The predicted octanol–water partition coefficient (Wildman–Crippen LogP) is 1.12. The van der Waals surface area contributed by atoms with Crippen molar-refractivity contribution in [3.63, 3.8) is 0 Å². The second-order valence-corrected chi connectivity index (χ2v) is 4.70. The maximum absolute atomic E-state index is 11.2. The van der Waals surface area contributed by atoms with E-state index in [9.17, 15) is 4.79 Å². The molecular weight excluding hydrogens is 216 g/mol. The SMILES string of the molecule is CN1CCOc2ccc(C3CNC(=O)C3)cc21. The van der Waals surface area contributed by atoms with Crippen molar-refractivity contribution in [3.8, 4) is 5.75 Å². The summed E-state index contributed by atoms with van der Waals surface area (Å²) < 4.78 is 5.61. The van der Waals surface area contributed by atoms with E-state index in [2.05, 4.69) is 29.4 Å². The number of benzene rings is 1. The summed E-state index contributed by atoms with van der Waals surface area (Å²) in [5.74, 6) is 1.40. The topological polar surface area (TPSA) is 41.6 Å². The standard InChI is InChI=1S/C13H16N2O2/c1-15-4-5-17-12-3-2-9(6-11(12)15)10-7-13(16)14-8-10/h2-3,6,10H,4-5,7-8H2,1H3,(H,14,16). The van der Waals surface area contributed by atoms with Crippen LogP contribution >= 0.6 is 0 Å². The van der Waals surface area contributed by atoms with E-state index in [1.807, 2.05) is 6.07 Å². The number of rotatable bonds is 1. The fourth-order valence-electron chi connectivity index (χ4n) is 2.46. The van der Waals surface area contributed by atoms with Crippen LogP contribution in [0.15, 0.2) is 18.2 Å². The van der Waals surface area contributed by atoms with Crippen LogP contribution in [0, 0.1) is 0 Å². The zero-order chi connectivity index (χ0) is 11.8. The summed E-state index contributed by atoms with van der Waals surface area (Å²) in [5.41, 5.74) is 2.35. The second kappa shape index (κ2) is 3.95. The van der Waals surface area contributed by atoms with Crippen LogP contribution in [0.4, 0.5) is 5.69 Å². The minimum Gasteiger partial charge on any atom is -0.490 e. The molecule has 4 heteroatoms. The van der Waals surface area contributed by atoms with Crippen molar-refractivity contribution >= 4 is 11.6 Å². The third kappa shape index (κ3) is 1.84. The molecule has 1 fully saturated rings. The Bertz CT molecular complexity index is 459. The van der Waals surface area contributed by atoms with Crippen LogP contribution in [0.25, 0.3) is 0 Å². The first-order valence-electron chi connectivity index (χ1n) is 5.98. The molecule has 0 spiro atoms.